The molecule has 2 aromatic carbocycles. The molecule has 0 N–H and O–H groups in total. The Morgan fingerprint density at radius 3 is 2.20 bits per heavy atom. The van der Waals surface area contributed by atoms with E-state index in [4.69, 9.17) is 23.2 Å². The minimum absolute atomic E-state index is 0.191. The minimum Gasteiger partial charge on any atom is -0.340 e. The summed E-state index contributed by atoms with van der Waals surface area (Å²) in [5, 5.41) is 1.16. The number of benzene rings is 2. The van der Waals surface area contributed by atoms with E-state index in [-0.39, 0.29) is 5.91 Å². The molecule has 0 radical (unpaired) electrons. The van der Waals surface area contributed by atoms with Gasteiger partial charge in [-0.25, -0.2) is 0 Å². The maximum atomic E-state index is 12.5. The van der Waals surface area contributed by atoms with Gasteiger partial charge in [-0.3, -0.25) is 9.69 Å². The van der Waals surface area contributed by atoms with Gasteiger partial charge >= 0.3 is 0 Å². The third-order valence-corrected chi connectivity index (χ3v) is 5.65. The Morgan fingerprint density at radius 1 is 0.920 bits per heavy atom. The van der Waals surface area contributed by atoms with Crippen LogP contribution in [0.25, 0.3) is 0 Å². The van der Waals surface area contributed by atoms with Crippen molar-refractivity contribution in [3.63, 3.8) is 0 Å². The van der Waals surface area contributed by atoms with Gasteiger partial charge in [0.25, 0.3) is 0 Å². The lowest BCUT2D eigenvalue weighted by molar-refractivity contribution is -0.132. The summed E-state index contributed by atoms with van der Waals surface area (Å²) in [6.07, 6.45) is 0.458. The van der Waals surface area contributed by atoms with Crippen molar-refractivity contribution in [3.8, 4) is 0 Å². The summed E-state index contributed by atoms with van der Waals surface area (Å²) >= 11 is 15.5. The molecule has 0 atom stereocenters. The lowest BCUT2D eigenvalue weighted by Crippen LogP contribution is -2.48. The number of halogens is 3. The van der Waals surface area contributed by atoms with Crippen LogP contribution in [-0.2, 0) is 17.8 Å². The van der Waals surface area contributed by atoms with Crippen LogP contribution in [0.2, 0.25) is 10.0 Å². The highest BCUT2D eigenvalue weighted by Gasteiger charge is 2.21. The summed E-state index contributed by atoms with van der Waals surface area (Å²) in [6, 6.07) is 13.7. The average molecular weight is 442 g/mol. The van der Waals surface area contributed by atoms with E-state index in [1.807, 2.05) is 47.4 Å². The van der Waals surface area contributed by atoms with E-state index in [9.17, 15) is 4.79 Å². The zero-order valence-corrected chi connectivity index (χ0v) is 16.8. The summed E-state index contributed by atoms with van der Waals surface area (Å²) in [7, 11) is 0. The predicted molar refractivity (Wildman–Crippen MR) is 106 cm³/mol. The molecule has 0 spiro atoms. The third-order valence-electron chi connectivity index (χ3n) is 4.38. The van der Waals surface area contributed by atoms with Crippen LogP contribution < -0.4 is 0 Å². The van der Waals surface area contributed by atoms with Gasteiger partial charge in [-0.15, -0.1) is 0 Å². The van der Waals surface area contributed by atoms with Gasteiger partial charge < -0.3 is 4.90 Å². The lowest BCUT2D eigenvalue weighted by Gasteiger charge is -2.35. The van der Waals surface area contributed by atoms with Crippen LogP contribution in [0.4, 0.5) is 0 Å². The van der Waals surface area contributed by atoms with Crippen molar-refractivity contribution < 1.29 is 4.79 Å². The molecule has 1 fully saturated rings. The number of amides is 1. The monoisotopic (exact) mass is 440 g/mol. The molecule has 1 aliphatic rings. The van der Waals surface area contributed by atoms with Crippen LogP contribution in [0.3, 0.4) is 0 Å². The van der Waals surface area contributed by atoms with Gasteiger partial charge in [-0.2, -0.15) is 0 Å². The first-order valence-corrected chi connectivity index (χ1v) is 9.74. The standard InChI is InChI=1S/C19H19BrCl2N2O/c20-16-4-1-14(2-5-16)12-19(25)24-9-7-23(8-10-24)13-15-3-6-17(21)18(22)11-15/h1-6,11H,7-10,12-13H2. The molecule has 25 heavy (non-hydrogen) atoms. The van der Waals surface area contributed by atoms with Gasteiger partial charge in [0.05, 0.1) is 16.5 Å². The van der Waals surface area contributed by atoms with Gasteiger partial charge in [-0.05, 0) is 35.4 Å². The van der Waals surface area contributed by atoms with Crippen molar-refractivity contribution in [1.29, 1.82) is 0 Å². The molecule has 1 amide bonds. The van der Waals surface area contributed by atoms with Crippen LogP contribution >= 0.6 is 39.1 Å². The van der Waals surface area contributed by atoms with E-state index in [1.165, 1.54) is 0 Å². The largest absolute Gasteiger partial charge is 0.340 e. The SMILES string of the molecule is O=C(Cc1ccc(Br)cc1)N1CCN(Cc2ccc(Cl)c(Cl)c2)CC1. The van der Waals surface area contributed by atoms with Crippen LogP contribution in [0, 0.1) is 0 Å². The highest BCUT2D eigenvalue weighted by molar-refractivity contribution is 9.10. The van der Waals surface area contributed by atoms with Crippen LogP contribution in [0.5, 0.6) is 0 Å². The molecule has 0 aromatic heterocycles. The fraction of sp³-hybridized carbons (Fsp3) is 0.316. The Kier molecular flexibility index (Phi) is 6.39. The molecule has 3 nitrogen and oxygen atoms in total. The maximum absolute atomic E-state index is 12.5. The zero-order valence-electron chi connectivity index (χ0n) is 13.7. The van der Waals surface area contributed by atoms with E-state index in [1.54, 1.807) is 0 Å². The van der Waals surface area contributed by atoms with Crippen molar-refractivity contribution in [2.45, 2.75) is 13.0 Å². The summed E-state index contributed by atoms with van der Waals surface area (Å²) in [6.45, 7) is 4.08. The molecule has 0 unspecified atom stereocenters. The first-order valence-electron chi connectivity index (χ1n) is 8.20. The Bertz CT molecular complexity index is 744. The van der Waals surface area contributed by atoms with Gasteiger partial charge in [0.15, 0.2) is 0 Å². The number of hydrogen-bond donors (Lipinski definition) is 0. The van der Waals surface area contributed by atoms with Crippen LogP contribution in [0.15, 0.2) is 46.9 Å². The maximum Gasteiger partial charge on any atom is 0.227 e. The molecule has 1 saturated heterocycles. The lowest BCUT2D eigenvalue weighted by atomic mass is 10.1. The van der Waals surface area contributed by atoms with Crippen LogP contribution in [-0.4, -0.2) is 41.9 Å². The van der Waals surface area contributed by atoms with Gasteiger partial charge in [0.1, 0.15) is 0 Å². The zero-order chi connectivity index (χ0) is 17.8. The molecule has 0 bridgehead atoms. The number of hydrogen-bond acceptors (Lipinski definition) is 2. The smallest absolute Gasteiger partial charge is 0.227 e. The Morgan fingerprint density at radius 2 is 1.56 bits per heavy atom. The first-order chi connectivity index (χ1) is 12.0. The van der Waals surface area contributed by atoms with Crippen molar-refractivity contribution >= 4 is 45.0 Å². The molecule has 1 heterocycles. The number of rotatable bonds is 4. The van der Waals surface area contributed by atoms with E-state index >= 15 is 0 Å². The number of carbonyl (C=O) groups is 1. The van der Waals surface area contributed by atoms with Crippen LogP contribution in [0.1, 0.15) is 11.1 Å². The number of nitrogens with zero attached hydrogens (tertiary/aromatic N) is 2. The van der Waals surface area contributed by atoms with E-state index in [0.29, 0.717) is 16.5 Å². The quantitative estimate of drug-likeness (QED) is 0.689. The Labute approximate surface area is 166 Å². The molecule has 3 rings (SSSR count). The molecule has 0 aliphatic carbocycles. The molecule has 6 heteroatoms. The van der Waals surface area contributed by atoms with Gasteiger partial charge in [-0.1, -0.05) is 57.3 Å². The predicted octanol–water partition coefficient (Wildman–Crippen LogP) is 4.64. The van der Waals surface area contributed by atoms with E-state index in [2.05, 4.69) is 20.8 Å². The topological polar surface area (TPSA) is 23.6 Å². The highest BCUT2D eigenvalue weighted by Crippen LogP contribution is 2.23. The van der Waals surface area contributed by atoms with Crippen molar-refractivity contribution in [1.82, 2.24) is 9.80 Å². The summed E-state index contributed by atoms with van der Waals surface area (Å²) in [5.41, 5.74) is 2.19. The minimum atomic E-state index is 0.191. The van der Waals surface area contributed by atoms with Crippen molar-refractivity contribution in [2.75, 3.05) is 26.2 Å². The fourth-order valence-corrected chi connectivity index (χ4v) is 3.53. The molecule has 1 aliphatic heterocycles. The number of piperazine rings is 1. The first kappa shape index (κ1) is 18.7. The summed E-state index contributed by atoms with van der Waals surface area (Å²) in [5.74, 6) is 0.191. The fourth-order valence-electron chi connectivity index (χ4n) is 2.94. The summed E-state index contributed by atoms with van der Waals surface area (Å²) < 4.78 is 1.03. The third kappa shape index (κ3) is 5.20. The molecule has 132 valence electrons. The van der Waals surface area contributed by atoms with E-state index < -0.39 is 0 Å². The normalized spacial score (nSPS) is 15.4. The van der Waals surface area contributed by atoms with Crippen molar-refractivity contribution in [3.05, 3.63) is 68.1 Å². The Hall–Kier alpha value is -1.07. The molecule has 0 saturated carbocycles. The molecule has 2 aromatic rings. The molecular formula is C19H19BrCl2N2O. The average Bonchev–Trinajstić information content (AvgIpc) is 2.61. The second-order valence-electron chi connectivity index (χ2n) is 6.21. The second kappa shape index (κ2) is 8.54. The molecular weight excluding hydrogens is 423 g/mol. The van der Waals surface area contributed by atoms with Crippen molar-refractivity contribution in [2.24, 2.45) is 0 Å². The second-order valence-corrected chi connectivity index (χ2v) is 7.94. The number of carbonyl (C=O) groups excluding carboxylic acids is 1. The van der Waals surface area contributed by atoms with Gasteiger partial charge in [0, 0.05) is 37.2 Å². The van der Waals surface area contributed by atoms with E-state index in [0.717, 1.165) is 48.3 Å². The highest BCUT2D eigenvalue weighted by atomic mass is 79.9. The van der Waals surface area contributed by atoms with Gasteiger partial charge in [0.2, 0.25) is 5.91 Å². The Balaban J connectivity index is 1.50. The summed E-state index contributed by atoms with van der Waals surface area (Å²) in [4.78, 5) is 16.8.